The van der Waals surface area contributed by atoms with E-state index in [1.165, 1.54) is 0 Å². The van der Waals surface area contributed by atoms with Crippen LogP contribution in [0.2, 0.25) is 0 Å². The molecule has 0 aliphatic heterocycles. The van der Waals surface area contributed by atoms with Gasteiger partial charge in [0.25, 0.3) is 0 Å². The Morgan fingerprint density at radius 3 is 2.25 bits per heavy atom. The number of alkyl halides is 5. The molecule has 3 nitrogen and oxygen atoms in total. The third-order valence-corrected chi connectivity index (χ3v) is 2.63. The van der Waals surface area contributed by atoms with E-state index in [4.69, 9.17) is 5.73 Å². The molecule has 2 N–H and O–H groups in total. The second-order valence-corrected chi connectivity index (χ2v) is 3.81. The number of halogens is 5. The van der Waals surface area contributed by atoms with Gasteiger partial charge < -0.3 is 5.73 Å². The lowest BCUT2D eigenvalue weighted by molar-refractivity contribution is -0.297. The minimum Gasteiger partial charge on any atom is -0.328 e. The van der Waals surface area contributed by atoms with E-state index in [-0.39, 0.29) is 0 Å². The molecule has 0 spiro atoms. The van der Waals surface area contributed by atoms with Crippen molar-refractivity contribution in [1.29, 1.82) is 0 Å². The van der Waals surface area contributed by atoms with Gasteiger partial charge in [0.05, 0.1) is 0 Å². The molecular weight excluding hydrogens is 255 g/mol. The zero-order valence-electron chi connectivity index (χ0n) is 7.67. The number of nitrogens with two attached hydrogens (primary N) is 1. The highest BCUT2D eigenvalue weighted by Crippen LogP contribution is 2.42. The van der Waals surface area contributed by atoms with Gasteiger partial charge in [0.15, 0.2) is 0 Å². The Bertz CT molecular complexity index is 409. The summed E-state index contributed by atoms with van der Waals surface area (Å²) in [5.74, 6) is -5.04. The molecular formula is C7H7F5N2OS. The first-order valence-electron chi connectivity index (χ1n) is 4.02. The van der Waals surface area contributed by atoms with Gasteiger partial charge in [0.2, 0.25) is 0 Å². The van der Waals surface area contributed by atoms with Crippen molar-refractivity contribution in [2.24, 2.45) is 5.73 Å². The molecule has 0 bridgehead atoms. The van der Waals surface area contributed by atoms with Crippen molar-refractivity contribution in [3.05, 3.63) is 21.2 Å². The third kappa shape index (κ3) is 2.09. The number of rotatable bonds is 3. The highest BCUT2D eigenvalue weighted by molar-refractivity contribution is 7.07. The van der Waals surface area contributed by atoms with E-state index in [2.05, 4.69) is 0 Å². The van der Waals surface area contributed by atoms with Crippen LogP contribution in [0.3, 0.4) is 0 Å². The van der Waals surface area contributed by atoms with E-state index in [1.54, 1.807) is 0 Å². The molecule has 1 unspecified atom stereocenters. The van der Waals surface area contributed by atoms with Crippen LogP contribution in [-0.4, -0.2) is 23.2 Å². The third-order valence-electron chi connectivity index (χ3n) is 1.96. The molecule has 0 amide bonds. The van der Waals surface area contributed by atoms with Crippen LogP contribution in [0.4, 0.5) is 22.0 Å². The Kier molecular flexibility index (Phi) is 3.38. The topological polar surface area (TPSA) is 48.0 Å². The number of hydrogen-bond donors (Lipinski definition) is 1. The Morgan fingerprint density at radius 1 is 1.38 bits per heavy atom. The van der Waals surface area contributed by atoms with Crippen LogP contribution in [0.25, 0.3) is 0 Å². The Morgan fingerprint density at radius 2 is 1.94 bits per heavy atom. The minimum absolute atomic E-state index is 0.304. The summed E-state index contributed by atoms with van der Waals surface area (Å²) >= 11 is 0.526. The average Bonchev–Trinajstić information content (AvgIpc) is 2.51. The molecule has 0 aliphatic carbocycles. The Hall–Kier alpha value is -0.960. The van der Waals surface area contributed by atoms with Crippen LogP contribution in [0.5, 0.6) is 0 Å². The predicted octanol–water partition coefficient (Wildman–Crippen LogP) is 1.61. The van der Waals surface area contributed by atoms with Gasteiger partial charge in [-0.2, -0.15) is 22.0 Å². The van der Waals surface area contributed by atoms with Gasteiger partial charge in [-0.1, -0.05) is 11.3 Å². The van der Waals surface area contributed by atoms with Crippen LogP contribution < -0.4 is 10.6 Å². The predicted molar refractivity (Wildman–Crippen MR) is 47.7 cm³/mol. The number of nitrogens with zero attached hydrogens (tertiary/aromatic N) is 1. The smallest absolute Gasteiger partial charge is 0.328 e. The van der Waals surface area contributed by atoms with Crippen molar-refractivity contribution >= 4 is 11.3 Å². The summed E-state index contributed by atoms with van der Waals surface area (Å²) in [4.78, 5) is 10.1. The molecule has 1 aromatic rings. The van der Waals surface area contributed by atoms with Gasteiger partial charge in [-0.3, -0.25) is 9.36 Å². The monoisotopic (exact) mass is 262 g/mol. The highest BCUT2D eigenvalue weighted by Gasteiger charge is 2.62. The number of aromatic nitrogens is 1. The maximum Gasteiger partial charge on any atom is 0.455 e. The number of thiazole rings is 1. The molecule has 0 fully saturated rings. The second-order valence-electron chi connectivity index (χ2n) is 2.95. The molecule has 1 atom stereocenters. The van der Waals surface area contributed by atoms with Crippen LogP contribution in [0.15, 0.2) is 16.4 Å². The van der Waals surface area contributed by atoms with Gasteiger partial charge in [-0.15, -0.1) is 0 Å². The molecule has 0 saturated carbocycles. The van der Waals surface area contributed by atoms with Crippen molar-refractivity contribution in [2.45, 2.75) is 18.1 Å². The number of hydrogen-bond acceptors (Lipinski definition) is 3. The van der Waals surface area contributed by atoms with Crippen molar-refractivity contribution in [1.82, 2.24) is 4.57 Å². The summed E-state index contributed by atoms with van der Waals surface area (Å²) in [7, 11) is 0. The molecule has 1 heterocycles. The van der Waals surface area contributed by atoms with Crippen LogP contribution >= 0.6 is 11.3 Å². The van der Waals surface area contributed by atoms with Gasteiger partial charge in [-0.25, -0.2) is 0 Å². The molecule has 0 aromatic carbocycles. The Balaban J connectivity index is 3.19. The summed E-state index contributed by atoms with van der Waals surface area (Å²) in [6.45, 7) is -0.983. The zero-order valence-corrected chi connectivity index (χ0v) is 8.49. The van der Waals surface area contributed by atoms with Crippen molar-refractivity contribution in [3.63, 3.8) is 0 Å². The van der Waals surface area contributed by atoms with Crippen molar-refractivity contribution < 1.29 is 22.0 Å². The molecule has 0 saturated heterocycles. The fourth-order valence-electron chi connectivity index (χ4n) is 1.13. The second kappa shape index (κ2) is 4.13. The molecule has 9 heteroatoms. The van der Waals surface area contributed by atoms with Gasteiger partial charge >= 0.3 is 17.0 Å². The first-order chi connectivity index (χ1) is 7.21. The van der Waals surface area contributed by atoms with Crippen molar-refractivity contribution in [3.8, 4) is 0 Å². The van der Waals surface area contributed by atoms with E-state index >= 15 is 0 Å². The maximum absolute atomic E-state index is 13.0. The lowest BCUT2D eigenvalue weighted by atomic mass is 10.1. The van der Waals surface area contributed by atoms with Gasteiger partial charge in [-0.05, 0) is 0 Å². The van der Waals surface area contributed by atoms with Gasteiger partial charge in [0, 0.05) is 18.1 Å². The lowest BCUT2D eigenvalue weighted by Crippen LogP contribution is -2.49. The molecule has 16 heavy (non-hydrogen) atoms. The fourth-order valence-corrected chi connectivity index (χ4v) is 1.75. The summed E-state index contributed by atoms with van der Waals surface area (Å²) in [6.07, 6.45) is -4.87. The molecule has 1 aromatic heterocycles. The quantitative estimate of drug-likeness (QED) is 0.841. The minimum atomic E-state index is -5.74. The SMILES string of the molecule is NCC(n1ccsc1=O)C(F)(F)C(F)(F)F. The summed E-state index contributed by atoms with van der Waals surface area (Å²) in [6, 6.07) is -2.41. The lowest BCUT2D eigenvalue weighted by Gasteiger charge is -2.27. The van der Waals surface area contributed by atoms with E-state index in [0.29, 0.717) is 15.9 Å². The van der Waals surface area contributed by atoms with Crippen LogP contribution in [0.1, 0.15) is 6.04 Å². The van der Waals surface area contributed by atoms with Crippen LogP contribution in [0, 0.1) is 0 Å². The highest BCUT2D eigenvalue weighted by atomic mass is 32.1. The zero-order chi connectivity index (χ0) is 12.6. The molecule has 92 valence electrons. The van der Waals surface area contributed by atoms with Gasteiger partial charge in [0.1, 0.15) is 6.04 Å². The molecule has 0 radical (unpaired) electrons. The van der Waals surface area contributed by atoms with E-state index in [9.17, 15) is 26.7 Å². The van der Waals surface area contributed by atoms with Crippen molar-refractivity contribution in [2.75, 3.05) is 6.54 Å². The normalized spacial score (nSPS) is 15.1. The molecule has 1 rings (SSSR count). The van der Waals surface area contributed by atoms with Crippen LogP contribution in [-0.2, 0) is 0 Å². The summed E-state index contributed by atoms with van der Waals surface area (Å²) in [5, 5.41) is 1.12. The summed E-state index contributed by atoms with van der Waals surface area (Å²) < 4.78 is 62.5. The van der Waals surface area contributed by atoms with E-state index < -0.39 is 29.6 Å². The maximum atomic E-state index is 13.0. The molecule has 0 aliphatic rings. The standard InChI is InChI=1S/C7H7F5N2OS/c8-6(9,7(10,11)12)4(3-13)14-1-2-16-5(14)15/h1-2,4H,3,13H2. The summed E-state index contributed by atoms with van der Waals surface area (Å²) in [5.41, 5.74) is 4.88. The Labute approximate surface area is 90.3 Å². The average molecular weight is 262 g/mol. The van der Waals surface area contributed by atoms with E-state index in [1.807, 2.05) is 0 Å². The largest absolute Gasteiger partial charge is 0.455 e. The first kappa shape index (κ1) is 13.1. The van der Waals surface area contributed by atoms with E-state index in [0.717, 1.165) is 11.6 Å². The fraction of sp³-hybridized carbons (Fsp3) is 0.571. The first-order valence-corrected chi connectivity index (χ1v) is 4.90.